The molecule has 1 heterocycles. The van der Waals surface area contributed by atoms with E-state index in [-0.39, 0.29) is 18.5 Å². The average Bonchev–Trinajstić information content (AvgIpc) is 3.01. The first-order chi connectivity index (χ1) is 8.31. The third-order valence-electron chi connectivity index (χ3n) is 3.85. The fourth-order valence-electron chi connectivity index (χ4n) is 2.53. The molecule has 0 radical (unpaired) electrons. The zero-order valence-corrected chi connectivity index (χ0v) is 10.7. The standard InChI is InChI=1S/C12H20N2O4/c1-12(2,7-3-4-7)13-11(18)14-6-8(15)5-9(14)10(16)17/h7-9,15H,3-6H2,1-2H3,(H,13,18)(H,16,17)/t8?,9-/m0/s1. The van der Waals surface area contributed by atoms with Crippen LogP contribution in [0.25, 0.3) is 0 Å². The van der Waals surface area contributed by atoms with Gasteiger partial charge in [0.25, 0.3) is 0 Å². The number of carbonyl (C=O) groups is 2. The van der Waals surface area contributed by atoms with Crippen LogP contribution < -0.4 is 5.32 Å². The van der Waals surface area contributed by atoms with Crippen molar-refractivity contribution in [2.24, 2.45) is 5.92 Å². The van der Waals surface area contributed by atoms with Gasteiger partial charge in [0, 0.05) is 18.5 Å². The van der Waals surface area contributed by atoms with Crippen molar-refractivity contribution in [3.05, 3.63) is 0 Å². The van der Waals surface area contributed by atoms with Gasteiger partial charge < -0.3 is 20.4 Å². The van der Waals surface area contributed by atoms with Crippen LogP contribution in [0.2, 0.25) is 0 Å². The Morgan fingerprint density at radius 1 is 1.33 bits per heavy atom. The summed E-state index contributed by atoms with van der Waals surface area (Å²) >= 11 is 0. The SMILES string of the molecule is CC(C)(NC(=O)N1CC(O)C[C@H]1C(=O)O)C1CC1. The van der Waals surface area contributed by atoms with Gasteiger partial charge in [-0.05, 0) is 32.6 Å². The second kappa shape index (κ2) is 4.42. The lowest BCUT2D eigenvalue weighted by Crippen LogP contribution is -2.53. The van der Waals surface area contributed by atoms with E-state index < -0.39 is 24.1 Å². The van der Waals surface area contributed by atoms with Crippen LogP contribution in [-0.2, 0) is 4.79 Å². The van der Waals surface area contributed by atoms with E-state index in [4.69, 9.17) is 5.11 Å². The smallest absolute Gasteiger partial charge is 0.326 e. The van der Waals surface area contributed by atoms with E-state index >= 15 is 0 Å². The molecule has 2 amide bonds. The number of rotatable bonds is 3. The number of β-amino-alcohol motifs (C(OH)–C–C–N with tert-alkyl or cyclic N) is 1. The molecule has 0 spiro atoms. The lowest BCUT2D eigenvalue weighted by Gasteiger charge is -2.30. The Hall–Kier alpha value is -1.30. The lowest BCUT2D eigenvalue weighted by molar-refractivity contribution is -0.141. The van der Waals surface area contributed by atoms with Crippen LogP contribution in [-0.4, -0.2) is 51.3 Å². The van der Waals surface area contributed by atoms with Crippen molar-refractivity contribution in [3.63, 3.8) is 0 Å². The molecule has 6 heteroatoms. The minimum Gasteiger partial charge on any atom is -0.480 e. The minimum atomic E-state index is -1.06. The largest absolute Gasteiger partial charge is 0.480 e. The Kier molecular flexibility index (Phi) is 3.23. The normalized spacial score (nSPS) is 28.3. The van der Waals surface area contributed by atoms with E-state index in [0.717, 1.165) is 12.8 Å². The first-order valence-corrected chi connectivity index (χ1v) is 6.31. The summed E-state index contributed by atoms with van der Waals surface area (Å²) in [6.07, 6.45) is 1.55. The van der Waals surface area contributed by atoms with Crippen molar-refractivity contribution in [2.45, 2.75) is 50.8 Å². The fourth-order valence-corrected chi connectivity index (χ4v) is 2.53. The number of amides is 2. The molecule has 18 heavy (non-hydrogen) atoms. The molecule has 1 saturated carbocycles. The molecule has 6 nitrogen and oxygen atoms in total. The van der Waals surface area contributed by atoms with Gasteiger partial charge in [0.2, 0.25) is 0 Å². The molecule has 0 aromatic carbocycles. The minimum absolute atomic E-state index is 0.0869. The lowest BCUT2D eigenvalue weighted by atomic mass is 9.99. The van der Waals surface area contributed by atoms with Crippen molar-refractivity contribution in [3.8, 4) is 0 Å². The van der Waals surface area contributed by atoms with E-state index in [1.54, 1.807) is 0 Å². The Morgan fingerprint density at radius 3 is 2.44 bits per heavy atom. The van der Waals surface area contributed by atoms with Gasteiger partial charge in [0.15, 0.2) is 0 Å². The molecule has 2 aliphatic rings. The molecule has 0 bridgehead atoms. The van der Waals surface area contributed by atoms with Gasteiger partial charge >= 0.3 is 12.0 Å². The van der Waals surface area contributed by atoms with Gasteiger partial charge in [-0.15, -0.1) is 0 Å². The number of carboxylic acid groups (broad SMARTS) is 1. The van der Waals surface area contributed by atoms with Crippen molar-refractivity contribution in [2.75, 3.05) is 6.54 Å². The predicted octanol–water partition coefficient (Wildman–Crippen LogP) is 0.404. The van der Waals surface area contributed by atoms with E-state index in [9.17, 15) is 14.7 Å². The number of carbonyl (C=O) groups excluding carboxylic acids is 1. The Balaban J connectivity index is 2.01. The zero-order chi connectivity index (χ0) is 13.5. The van der Waals surface area contributed by atoms with Gasteiger partial charge in [-0.3, -0.25) is 0 Å². The highest BCUT2D eigenvalue weighted by Gasteiger charge is 2.43. The van der Waals surface area contributed by atoms with Crippen LogP contribution in [0, 0.1) is 5.92 Å². The Morgan fingerprint density at radius 2 is 1.94 bits per heavy atom. The molecule has 0 aromatic rings. The first-order valence-electron chi connectivity index (χ1n) is 6.31. The number of aliphatic carboxylic acids is 1. The number of urea groups is 1. The number of nitrogens with zero attached hydrogens (tertiary/aromatic N) is 1. The fraction of sp³-hybridized carbons (Fsp3) is 0.833. The molecule has 1 aliphatic heterocycles. The molecule has 1 unspecified atom stereocenters. The van der Waals surface area contributed by atoms with Crippen LogP contribution in [0.4, 0.5) is 4.79 Å². The molecular weight excluding hydrogens is 236 g/mol. The summed E-state index contributed by atoms with van der Waals surface area (Å²) in [6, 6.07) is -1.31. The second-order valence-corrected chi connectivity index (χ2v) is 5.82. The molecule has 0 aromatic heterocycles. The van der Waals surface area contributed by atoms with Crippen molar-refractivity contribution < 1.29 is 19.8 Å². The van der Waals surface area contributed by atoms with Gasteiger partial charge in [-0.25, -0.2) is 9.59 Å². The van der Waals surface area contributed by atoms with Crippen molar-refractivity contribution in [1.82, 2.24) is 10.2 Å². The van der Waals surface area contributed by atoms with E-state index in [1.165, 1.54) is 4.90 Å². The maximum atomic E-state index is 12.1. The topological polar surface area (TPSA) is 89.9 Å². The quantitative estimate of drug-likeness (QED) is 0.682. The molecule has 2 fully saturated rings. The third kappa shape index (κ3) is 2.58. The molecule has 2 rings (SSSR count). The molecular formula is C12H20N2O4. The summed E-state index contributed by atoms with van der Waals surface area (Å²) < 4.78 is 0. The number of nitrogens with one attached hydrogen (secondary N) is 1. The van der Waals surface area contributed by atoms with Gasteiger partial charge in [-0.1, -0.05) is 0 Å². The number of aliphatic hydroxyl groups is 1. The third-order valence-corrected chi connectivity index (χ3v) is 3.85. The first kappa shape index (κ1) is 13.1. The summed E-state index contributed by atoms with van der Waals surface area (Å²) in [4.78, 5) is 24.4. The van der Waals surface area contributed by atoms with Gasteiger partial charge in [-0.2, -0.15) is 0 Å². The number of hydrogen-bond acceptors (Lipinski definition) is 3. The van der Waals surface area contributed by atoms with Crippen LogP contribution in [0.3, 0.4) is 0 Å². The van der Waals surface area contributed by atoms with Gasteiger partial charge in [0.1, 0.15) is 6.04 Å². The van der Waals surface area contributed by atoms with Crippen LogP contribution in [0.1, 0.15) is 33.1 Å². The predicted molar refractivity (Wildman–Crippen MR) is 64.1 cm³/mol. The van der Waals surface area contributed by atoms with Crippen LogP contribution >= 0.6 is 0 Å². The molecule has 2 atom stereocenters. The van der Waals surface area contributed by atoms with E-state index in [0.29, 0.717) is 5.92 Å². The summed E-state index contributed by atoms with van der Waals surface area (Å²) in [5, 5.41) is 21.4. The van der Waals surface area contributed by atoms with Crippen LogP contribution in [0.15, 0.2) is 0 Å². The highest BCUT2D eigenvalue weighted by Crippen LogP contribution is 2.39. The molecule has 3 N–H and O–H groups in total. The maximum Gasteiger partial charge on any atom is 0.326 e. The number of aliphatic hydroxyl groups excluding tert-OH is 1. The number of likely N-dealkylation sites (tertiary alicyclic amines) is 1. The number of carboxylic acids is 1. The molecule has 1 aliphatic carbocycles. The van der Waals surface area contributed by atoms with Crippen LogP contribution in [0.5, 0.6) is 0 Å². The Labute approximate surface area is 106 Å². The average molecular weight is 256 g/mol. The highest BCUT2D eigenvalue weighted by atomic mass is 16.4. The summed E-state index contributed by atoms with van der Waals surface area (Å²) in [5.41, 5.74) is -0.312. The van der Waals surface area contributed by atoms with Crippen molar-refractivity contribution in [1.29, 1.82) is 0 Å². The van der Waals surface area contributed by atoms with E-state index in [2.05, 4.69) is 5.32 Å². The summed E-state index contributed by atoms with van der Waals surface area (Å²) in [5.74, 6) is -0.594. The number of hydrogen-bond donors (Lipinski definition) is 3. The summed E-state index contributed by atoms with van der Waals surface area (Å²) in [6.45, 7) is 3.99. The second-order valence-electron chi connectivity index (χ2n) is 5.82. The molecule has 1 saturated heterocycles. The highest BCUT2D eigenvalue weighted by molar-refractivity contribution is 5.83. The monoisotopic (exact) mass is 256 g/mol. The van der Waals surface area contributed by atoms with Gasteiger partial charge in [0.05, 0.1) is 6.10 Å². The molecule has 102 valence electrons. The Bertz CT molecular complexity index is 365. The van der Waals surface area contributed by atoms with E-state index in [1.807, 2.05) is 13.8 Å². The van der Waals surface area contributed by atoms with Crippen molar-refractivity contribution >= 4 is 12.0 Å². The maximum absolute atomic E-state index is 12.1. The summed E-state index contributed by atoms with van der Waals surface area (Å²) in [7, 11) is 0. The zero-order valence-electron chi connectivity index (χ0n) is 10.7.